The van der Waals surface area contributed by atoms with Crippen LogP contribution in [-0.2, 0) is 0 Å². The van der Waals surface area contributed by atoms with Gasteiger partial charge in [-0.1, -0.05) is 12.8 Å². The quantitative estimate of drug-likeness (QED) is 0.581. The first-order valence-electron chi connectivity index (χ1n) is 7.87. The molecule has 0 aliphatic heterocycles. The van der Waals surface area contributed by atoms with Crippen LogP contribution in [0.4, 0.5) is 0 Å². The molecule has 4 aliphatic rings. The van der Waals surface area contributed by atoms with Crippen molar-refractivity contribution in [2.75, 3.05) is 0 Å². The third-order valence-electron chi connectivity index (χ3n) is 6.08. The van der Waals surface area contributed by atoms with Crippen LogP contribution >= 0.6 is 0 Å². The summed E-state index contributed by atoms with van der Waals surface area (Å²) in [6.45, 7) is 0. The van der Waals surface area contributed by atoms with Gasteiger partial charge in [0.15, 0.2) is 5.96 Å². The molecule has 6 atom stereocenters. The Morgan fingerprint density at radius 2 is 1.61 bits per heavy atom. The van der Waals surface area contributed by atoms with E-state index in [2.05, 4.69) is 5.32 Å². The number of nitrogens with zero attached hydrogens (tertiary/aromatic N) is 1. The van der Waals surface area contributed by atoms with E-state index in [0.29, 0.717) is 12.1 Å². The van der Waals surface area contributed by atoms with E-state index >= 15 is 0 Å². The molecule has 4 saturated carbocycles. The second-order valence-corrected chi connectivity index (χ2v) is 7.18. The third-order valence-corrected chi connectivity index (χ3v) is 6.08. The molecule has 3 heteroatoms. The van der Waals surface area contributed by atoms with Gasteiger partial charge in [0.05, 0.1) is 6.04 Å². The molecule has 4 bridgehead atoms. The Morgan fingerprint density at radius 1 is 0.889 bits per heavy atom. The minimum Gasteiger partial charge on any atom is -0.370 e. The summed E-state index contributed by atoms with van der Waals surface area (Å²) in [7, 11) is 0. The van der Waals surface area contributed by atoms with Gasteiger partial charge in [0, 0.05) is 6.04 Å². The first-order chi connectivity index (χ1) is 8.78. The lowest BCUT2D eigenvalue weighted by Gasteiger charge is -2.25. The van der Waals surface area contributed by atoms with Gasteiger partial charge >= 0.3 is 0 Å². The molecular formula is C15H25N3. The predicted molar refractivity (Wildman–Crippen MR) is 73.2 cm³/mol. The molecule has 0 aromatic rings. The van der Waals surface area contributed by atoms with Gasteiger partial charge in [-0.05, 0) is 62.2 Å². The number of guanidine groups is 1. The maximum atomic E-state index is 6.14. The third kappa shape index (κ3) is 1.83. The van der Waals surface area contributed by atoms with Crippen molar-refractivity contribution in [2.24, 2.45) is 34.4 Å². The molecule has 100 valence electrons. The zero-order valence-corrected chi connectivity index (χ0v) is 11.1. The number of nitrogens with two attached hydrogens (primary N) is 1. The Balaban J connectivity index is 1.37. The van der Waals surface area contributed by atoms with Crippen LogP contribution in [0.3, 0.4) is 0 Å². The smallest absolute Gasteiger partial charge is 0.189 e. The van der Waals surface area contributed by atoms with E-state index in [1.165, 1.54) is 51.4 Å². The molecule has 3 nitrogen and oxygen atoms in total. The Morgan fingerprint density at radius 3 is 2.17 bits per heavy atom. The summed E-state index contributed by atoms with van der Waals surface area (Å²) in [5.74, 6) is 4.39. The fourth-order valence-corrected chi connectivity index (χ4v) is 5.20. The molecule has 0 amide bonds. The van der Waals surface area contributed by atoms with Crippen LogP contribution in [0, 0.1) is 23.7 Å². The minimum atomic E-state index is 0.537. The Labute approximate surface area is 110 Å². The van der Waals surface area contributed by atoms with Crippen molar-refractivity contribution in [2.45, 2.75) is 63.5 Å². The Bertz CT molecular complexity index is 365. The summed E-state index contributed by atoms with van der Waals surface area (Å²) in [6.07, 6.45) is 11.2. The van der Waals surface area contributed by atoms with Gasteiger partial charge in [-0.3, -0.25) is 0 Å². The minimum absolute atomic E-state index is 0.537. The normalized spacial score (nSPS) is 50.1. The van der Waals surface area contributed by atoms with Crippen molar-refractivity contribution in [3.8, 4) is 0 Å². The lowest BCUT2D eigenvalue weighted by atomic mass is 9.95. The van der Waals surface area contributed by atoms with Crippen molar-refractivity contribution in [3.05, 3.63) is 0 Å². The van der Waals surface area contributed by atoms with Gasteiger partial charge in [-0.2, -0.15) is 0 Å². The van der Waals surface area contributed by atoms with Gasteiger partial charge in [-0.25, -0.2) is 4.99 Å². The molecule has 4 rings (SSSR count). The first kappa shape index (κ1) is 11.1. The topological polar surface area (TPSA) is 50.4 Å². The number of hydrogen-bond donors (Lipinski definition) is 2. The van der Waals surface area contributed by atoms with Crippen LogP contribution in [0.25, 0.3) is 0 Å². The zero-order chi connectivity index (χ0) is 12.1. The summed E-state index contributed by atoms with van der Waals surface area (Å²) in [6, 6.07) is 1.17. The van der Waals surface area contributed by atoms with Gasteiger partial charge < -0.3 is 11.1 Å². The SMILES string of the molecule is NC(=N[C@H]1C[C@H]2CC[C@H]1C2)N[C@@H]1C[C@H]2CC[C@H]1C2. The molecule has 0 radical (unpaired) electrons. The van der Waals surface area contributed by atoms with Crippen LogP contribution < -0.4 is 11.1 Å². The second-order valence-electron chi connectivity index (χ2n) is 7.18. The van der Waals surface area contributed by atoms with Crippen LogP contribution in [0.15, 0.2) is 4.99 Å². The van der Waals surface area contributed by atoms with E-state index in [4.69, 9.17) is 10.7 Å². The fraction of sp³-hybridized carbons (Fsp3) is 0.933. The number of fused-ring (bicyclic) bond motifs is 4. The monoisotopic (exact) mass is 247 g/mol. The highest BCUT2D eigenvalue weighted by Crippen LogP contribution is 2.46. The molecular weight excluding hydrogens is 222 g/mol. The largest absolute Gasteiger partial charge is 0.370 e. The van der Waals surface area contributed by atoms with Crippen molar-refractivity contribution in [3.63, 3.8) is 0 Å². The van der Waals surface area contributed by atoms with Crippen LogP contribution in [-0.4, -0.2) is 18.0 Å². The molecule has 3 N–H and O–H groups in total. The summed E-state index contributed by atoms with van der Waals surface area (Å²) < 4.78 is 0. The highest BCUT2D eigenvalue weighted by Gasteiger charge is 2.41. The van der Waals surface area contributed by atoms with Crippen molar-refractivity contribution in [1.82, 2.24) is 5.32 Å². The highest BCUT2D eigenvalue weighted by atomic mass is 15.1. The van der Waals surface area contributed by atoms with Gasteiger partial charge in [-0.15, -0.1) is 0 Å². The zero-order valence-electron chi connectivity index (χ0n) is 11.1. The van der Waals surface area contributed by atoms with Gasteiger partial charge in [0.2, 0.25) is 0 Å². The lowest BCUT2D eigenvalue weighted by Crippen LogP contribution is -2.43. The Hall–Kier alpha value is -0.730. The van der Waals surface area contributed by atoms with E-state index in [1.807, 2.05) is 0 Å². The average Bonchev–Trinajstić information content (AvgIpc) is 3.08. The fourth-order valence-electron chi connectivity index (χ4n) is 5.20. The van der Waals surface area contributed by atoms with Crippen LogP contribution in [0.1, 0.15) is 51.4 Å². The molecule has 0 aromatic carbocycles. The van der Waals surface area contributed by atoms with Gasteiger partial charge in [0.25, 0.3) is 0 Å². The van der Waals surface area contributed by atoms with Crippen molar-refractivity contribution < 1.29 is 0 Å². The second kappa shape index (κ2) is 4.14. The molecule has 0 spiro atoms. The summed E-state index contributed by atoms with van der Waals surface area (Å²) in [5, 5.41) is 3.52. The molecule has 0 aromatic heterocycles. The number of rotatable bonds is 2. The molecule has 0 heterocycles. The van der Waals surface area contributed by atoms with Crippen molar-refractivity contribution in [1.29, 1.82) is 0 Å². The molecule has 0 unspecified atom stereocenters. The van der Waals surface area contributed by atoms with Crippen LogP contribution in [0.2, 0.25) is 0 Å². The first-order valence-corrected chi connectivity index (χ1v) is 7.87. The predicted octanol–water partition coefficient (Wildman–Crippen LogP) is 2.27. The highest BCUT2D eigenvalue weighted by molar-refractivity contribution is 5.78. The van der Waals surface area contributed by atoms with E-state index in [0.717, 1.165) is 29.6 Å². The van der Waals surface area contributed by atoms with E-state index in [9.17, 15) is 0 Å². The van der Waals surface area contributed by atoms with E-state index < -0.39 is 0 Å². The van der Waals surface area contributed by atoms with E-state index in [1.54, 1.807) is 0 Å². The molecule has 4 fully saturated rings. The molecule has 18 heavy (non-hydrogen) atoms. The van der Waals surface area contributed by atoms with Gasteiger partial charge in [0.1, 0.15) is 0 Å². The number of aliphatic imine (C=N–C) groups is 1. The summed E-state index contributed by atoms with van der Waals surface area (Å²) >= 11 is 0. The van der Waals surface area contributed by atoms with Crippen molar-refractivity contribution >= 4 is 5.96 Å². The summed E-state index contributed by atoms with van der Waals surface area (Å²) in [5.41, 5.74) is 6.14. The number of hydrogen-bond acceptors (Lipinski definition) is 1. The van der Waals surface area contributed by atoms with E-state index in [-0.39, 0.29) is 0 Å². The maximum Gasteiger partial charge on any atom is 0.189 e. The number of nitrogens with one attached hydrogen (secondary N) is 1. The molecule has 0 saturated heterocycles. The molecule has 4 aliphatic carbocycles. The Kier molecular flexibility index (Phi) is 2.56. The van der Waals surface area contributed by atoms with Crippen LogP contribution in [0.5, 0.6) is 0 Å². The lowest BCUT2D eigenvalue weighted by molar-refractivity contribution is 0.384. The standard InChI is InChI=1S/C15H25N3/c16-15(17-13-7-9-1-3-11(13)5-9)18-14-8-10-2-4-12(14)6-10/h9-14H,1-8H2,(H3,16,17,18)/t9-,10-,11-,12-,13-,14+/m0/s1. The maximum absolute atomic E-state index is 6.14. The average molecular weight is 247 g/mol. The summed E-state index contributed by atoms with van der Waals surface area (Å²) in [4.78, 5) is 4.79.